The lowest BCUT2D eigenvalue weighted by Crippen LogP contribution is -2.30. The summed E-state index contributed by atoms with van der Waals surface area (Å²) >= 11 is 0. The van der Waals surface area contributed by atoms with Crippen LogP contribution in [-0.2, 0) is 29.6 Å². The zero-order valence-electron chi connectivity index (χ0n) is 16.5. The predicted octanol–water partition coefficient (Wildman–Crippen LogP) is 1.06. The Morgan fingerprint density at radius 1 is 1.16 bits per heavy atom. The summed E-state index contributed by atoms with van der Waals surface area (Å²) in [6, 6.07) is 11.3. The molecule has 0 aromatic heterocycles. The highest BCUT2D eigenvalue weighted by atomic mass is 32.2. The van der Waals surface area contributed by atoms with Crippen molar-refractivity contribution in [1.29, 1.82) is 0 Å². The minimum atomic E-state index is -3.94. The van der Waals surface area contributed by atoms with Crippen LogP contribution in [0.2, 0.25) is 0 Å². The third-order valence-electron chi connectivity index (χ3n) is 4.55. The molecule has 1 heterocycles. The second kappa shape index (κ2) is 8.65. The molecule has 3 N–H and O–H groups in total. The number of benzene rings is 2. The van der Waals surface area contributed by atoms with Gasteiger partial charge in [0.25, 0.3) is 5.91 Å². The van der Waals surface area contributed by atoms with Gasteiger partial charge >= 0.3 is 5.97 Å². The Bertz CT molecular complexity index is 1230. The van der Waals surface area contributed by atoms with E-state index in [1.807, 2.05) is 0 Å². The molecule has 1 fully saturated rings. The van der Waals surface area contributed by atoms with Gasteiger partial charge in [-0.25, -0.2) is 26.8 Å². The topological polar surface area (TPSA) is 153 Å². The zero-order chi connectivity index (χ0) is 22.8. The van der Waals surface area contributed by atoms with Gasteiger partial charge < -0.3 is 10.1 Å². The molecule has 0 radical (unpaired) electrons. The highest BCUT2D eigenvalue weighted by Gasteiger charge is 2.29. The molecular formula is C19H21N3O7S2. The minimum absolute atomic E-state index is 0.0472. The van der Waals surface area contributed by atoms with Crippen molar-refractivity contribution in [2.24, 2.45) is 5.14 Å². The predicted molar refractivity (Wildman–Crippen MR) is 114 cm³/mol. The highest BCUT2D eigenvalue weighted by molar-refractivity contribution is 7.93. The fourth-order valence-corrected chi connectivity index (χ4v) is 5.11. The molecule has 0 bridgehead atoms. The second-order valence-corrected chi connectivity index (χ2v) is 10.5. The van der Waals surface area contributed by atoms with Crippen molar-refractivity contribution >= 4 is 43.3 Å². The van der Waals surface area contributed by atoms with E-state index in [4.69, 9.17) is 9.88 Å². The van der Waals surface area contributed by atoms with E-state index in [0.29, 0.717) is 18.7 Å². The molecule has 10 nitrogen and oxygen atoms in total. The summed E-state index contributed by atoms with van der Waals surface area (Å²) in [6.45, 7) is 1.68. The Morgan fingerprint density at radius 3 is 2.52 bits per heavy atom. The number of sulfonamides is 2. The fourth-order valence-electron chi connectivity index (χ4n) is 2.99. The highest BCUT2D eigenvalue weighted by Crippen LogP contribution is 2.25. The summed E-state index contributed by atoms with van der Waals surface area (Å²) in [5.41, 5.74) is 0.611. The van der Waals surface area contributed by atoms with Crippen molar-refractivity contribution in [2.45, 2.75) is 24.3 Å². The maximum absolute atomic E-state index is 12.5. The van der Waals surface area contributed by atoms with Crippen molar-refractivity contribution < 1.29 is 31.2 Å². The second-order valence-electron chi connectivity index (χ2n) is 6.90. The number of carbonyl (C=O) groups excluding carboxylic acids is 2. The average Bonchev–Trinajstić information content (AvgIpc) is 3.06. The quantitative estimate of drug-likeness (QED) is 0.602. The largest absolute Gasteiger partial charge is 0.449 e. The van der Waals surface area contributed by atoms with Gasteiger partial charge in [0.1, 0.15) is 0 Å². The van der Waals surface area contributed by atoms with Crippen LogP contribution >= 0.6 is 0 Å². The van der Waals surface area contributed by atoms with E-state index >= 15 is 0 Å². The number of hydrogen-bond acceptors (Lipinski definition) is 7. The Hall–Kier alpha value is -2.96. The number of amides is 1. The van der Waals surface area contributed by atoms with Gasteiger partial charge in [-0.2, -0.15) is 0 Å². The lowest BCUT2D eigenvalue weighted by molar-refractivity contribution is -0.123. The third-order valence-corrected chi connectivity index (χ3v) is 7.33. The van der Waals surface area contributed by atoms with E-state index in [1.54, 1.807) is 6.07 Å². The van der Waals surface area contributed by atoms with Crippen LogP contribution in [0.4, 0.5) is 11.4 Å². The Kier molecular flexibility index (Phi) is 6.34. The Balaban J connectivity index is 1.68. The van der Waals surface area contributed by atoms with Crippen LogP contribution in [-0.4, -0.2) is 47.1 Å². The van der Waals surface area contributed by atoms with Gasteiger partial charge in [-0.15, -0.1) is 0 Å². The first kappa shape index (κ1) is 22.7. The molecule has 0 saturated carbocycles. The number of anilines is 2. The lowest BCUT2D eigenvalue weighted by Gasteiger charge is -2.18. The molecule has 0 spiro atoms. The first-order valence-corrected chi connectivity index (χ1v) is 12.4. The van der Waals surface area contributed by atoms with E-state index in [-0.39, 0.29) is 21.9 Å². The molecule has 1 unspecified atom stereocenters. The first-order chi connectivity index (χ1) is 14.5. The van der Waals surface area contributed by atoms with E-state index in [1.165, 1.54) is 53.7 Å². The molecule has 166 valence electrons. The lowest BCUT2D eigenvalue weighted by atomic mass is 10.2. The van der Waals surface area contributed by atoms with Crippen molar-refractivity contribution in [1.82, 2.24) is 0 Å². The van der Waals surface area contributed by atoms with Gasteiger partial charge in [-0.1, -0.05) is 12.1 Å². The number of nitrogens with two attached hydrogens (primary N) is 1. The summed E-state index contributed by atoms with van der Waals surface area (Å²) in [5.74, 6) is -1.44. The van der Waals surface area contributed by atoms with Crippen molar-refractivity contribution in [3.05, 3.63) is 54.1 Å². The third kappa shape index (κ3) is 5.40. The van der Waals surface area contributed by atoms with Crippen LogP contribution in [0, 0.1) is 0 Å². The number of nitrogens with zero attached hydrogens (tertiary/aromatic N) is 1. The normalized spacial score (nSPS) is 16.5. The molecule has 1 atom stereocenters. The van der Waals surface area contributed by atoms with Crippen LogP contribution in [0.3, 0.4) is 0 Å². The number of primary sulfonamides is 1. The zero-order valence-corrected chi connectivity index (χ0v) is 18.1. The maximum atomic E-state index is 12.5. The fraction of sp³-hybridized carbons (Fsp3) is 0.263. The average molecular weight is 468 g/mol. The molecule has 2 aromatic rings. The summed E-state index contributed by atoms with van der Waals surface area (Å²) in [4.78, 5) is 24.6. The molecule has 1 aliphatic rings. The SMILES string of the molecule is CC(OC(=O)c1cccc(N2CCCS2(=O)=O)c1)C(=O)Nc1cccc(S(N)(=O)=O)c1. The van der Waals surface area contributed by atoms with Crippen LogP contribution < -0.4 is 14.8 Å². The molecule has 0 aliphatic carbocycles. The molecule has 1 amide bonds. The standard InChI is InChI=1S/C19H21N3O7S2/c1-13(18(23)21-15-6-3-8-17(12-15)31(20,27)28)29-19(24)14-5-2-7-16(11-14)22-9-4-10-30(22,25)26/h2-3,5-8,11-13H,4,9-10H2,1H3,(H,21,23)(H2,20,27,28). The molecule has 12 heteroatoms. The number of hydrogen-bond donors (Lipinski definition) is 2. The Labute approximate surface area is 180 Å². The van der Waals surface area contributed by atoms with Crippen molar-refractivity contribution in [3.63, 3.8) is 0 Å². The molecule has 31 heavy (non-hydrogen) atoms. The van der Waals surface area contributed by atoms with Crippen molar-refractivity contribution in [2.75, 3.05) is 21.9 Å². The van der Waals surface area contributed by atoms with Gasteiger partial charge in [-0.05, 0) is 49.7 Å². The summed E-state index contributed by atoms with van der Waals surface area (Å²) in [6.07, 6.45) is -0.703. The molecule has 2 aromatic carbocycles. The summed E-state index contributed by atoms with van der Waals surface area (Å²) in [7, 11) is -7.34. The molecule has 1 aliphatic heterocycles. The minimum Gasteiger partial charge on any atom is -0.449 e. The monoisotopic (exact) mass is 467 g/mol. The van der Waals surface area contributed by atoms with Gasteiger partial charge in [-0.3, -0.25) is 9.10 Å². The van der Waals surface area contributed by atoms with Crippen LogP contribution in [0.25, 0.3) is 0 Å². The first-order valence-electron chi connectivity index (χ1n) is 9.22. The van der Waals surface area contributed by atoms with Crippen molar-refractivity contribution in [3.8, 4) is 0 Å². The smallest absolute Gasteiger partial charge is 0.338 e. The summed E-state index contributed by atoms with van der Waals surface area (Å²) in [5, 5.41) is 7.52. The van der Waals surface area contributed by atoms with E-state index < -0.39 is 38.0 Å². The van der Waals surface area contributed by atoms with E-state index in [2.05, 4.69) is 5.32 Å². The summed E-state index contributed by atoms with van der Waals surface area (Å²) < 4.78 is 53.4. The Morgan fingerprint density at radius 2 is 1.87 bits per heavy atom. The number of ether oxygens (including phenoxy) is 1. The van der Waals surface area contributed by atoms with Crippen LogP contribution in [0.1, 0.15) is 23.7 Å². The van der Waals surface area contributed by atoms with Gasteiger partial charge in [0.15, 0.2) is 6.10 Å². The maximum Gasteiger partial charge on any atom is 0.338 e. The van der Waals surface area contributed by atoms with Crippen LogP contribution in [0.5, 0.6) is 0 Å². The molecule has 3 rings (SSSR count). The van der Waals surface area contributed by atoms with Gasteiger partial charge in [0, 0.05) is 12.2 Å². The molecule has 1 saturated heterocycles. The number of rotatable bonds is 6. The number of nitrogens with one attached hydrogen (secondary N) is 1. The van der Waals surface area contributed by atoms with E-state index in [0.717, 1.165) is 0 Å². The van der Waals surface area contributed by atoms with Crippen LogP contribution in [0.15, 0.2) is 53.4 Å². The van der Waals surface area contributed by atoms with Gasteiger partial charge in [0.2, 0.25) is 20.0 Å². The van der Waals surface area contributed by atoms with Gasteiger partial charge in [0.05, 0.1) is 21.9 Å². The number of esters is 1. The molecular weight excluding hydrogens is 446 g/mol. The van der Waals surface area contributed by atoms with E-state index in [9.17, 15) is 26.4 Å². The number of carbonyl (C=O) groups is 2.